The fourth-order valence-corrected chi connectivity index (χ4v) is 7.86. The lowest BCUT2D eigenvalue weighted by Crippen LogP contribution is -2.66. The quantitative estimate of drug-likeness (QED) is 0.332. The van der Waals surface area contributed by atoms with E-state index in [2.05, 4.69) is 15.5 Å². The lowest BCUT2D eigenvalue weighted by atomic mass is 9.81. The van der Waals surface area contributed by atoms with Gasteiger partial charge in [0.05, 0.1) is 24.7 Å². The van der Waals surface area contributed by atoms with Crippen LogP contribution in [0.25, 0.3) is 0 Å². The molecule has 2 saturated heterocycles. The number of alkyl halides is 2. The summed E-state index contributed by atoms with van der Waals surface area (Å²) in [5.74, 6) is -4.96. The molecule has 6 atom stereocenters. The molecule has 1 saturated carbocycles. The van der Waals surface area contributed by atoms with Gasteiger partial charge in [-0.25, -0.2) is 13.6 Å². The Morgan fingerprint density at radius 3 is 2.46 bits per heavy atom. The van der Waals surface area contributed by atoms with Gasteiger partial charge in [0.25, 0.3) is 0 Å². The van der Waals surface area contributed by atoms with Crippen LogP contribution in [-0.2, 0) is 19.1 Å². The van der Waals surface area contributed by atoms with Crippen molar-refractivity contribution in [2.24, 2.45) is 11.8 Å². The number of rotatable bonds is 10. The molecule has 0 spiro atoms. The van der Waals surface area contributed by atoms with Crippen LogP contribution >= 0.6 is 0 Å². The van der Waals surface area contributed by atoms with Crippen molar-refractivity contribution in [3.8, 4) is 5.75 Å². The Balaban J connectivity index is 1.41. The second-order valence-electron chi connectivity index (χ2n) is 15.3. The van der Waals surface area contributed by atoms with Crippen molar-refractivity contribution in [3.63, 3.8) is 0 Å². The molecule has 0 radical (unpaired) electrons. The van der Waals surface area contributed by atoms with Crippen molar-refractivity contribution in [1.82, 2.24) is 25.3 Å². The summed E-state index contributed by atoms with van der Waals surface area (Å²) in [6.45, 7) is 10.6. The maximum Gasteiger partial charge on any atom is 0.407 e. The molecule has 14 heteroatoms. The van der Waals surface area contributed by atoms with E-state index in [0.29, 0.717) is 38.3 Å². The average Bonchev–Trinajstić information content (AvgIpc) is 3.46. The van der Waals surface area contributed by atoms with Crippen LogP contribution in [0.15, 0.2) is 24.3 Å². The average molecular weight is 706 g/mol. The molecule has 0 aromatic heterocycles. The molecule has 0 bridgehead atoms. The van der Waals surface area contributed by atoms with Crippen LogP contribution in [-0.4, -0.2) is 119 Å². The van der Waals surface area contributed by atoms with Crippen LogP contribution in [0.4, 0.5) is 13.6 Å². The molecule has 3 heterocycles. The molecular weight excluding hydrogens is 652 g/mol. The van der Waals surface area contributed by atoms with Crippen molar-refractivity contribution in [1.29, 1.82) is 0 Å². The highest BCUT2D eigenvalue weighted by atomic mass is 19.3. The van der Waals surface area contributed by atoms with Crippen LogP contribution in [0.3, 0.4) is 0 Å². The minimum absolute atomic E-state index is 0.0207. The van der Waals surface area contributed by atoms with Gasteiger partial charge in [0.15, 0.2) is 0 Å². The first-order chi connectivity index (χ1) is 23.6. The number of fused-ring (bicyclic) bond motifs is 2. The number of halogens is 2. The summed E-state index contributed by atoms with van der Waals surface area (Å²) in [5, 5.41) is 15.8. The molecule has 3 N–H and O–H groups in total. The van der Waals surface area contributed by atoms with Gasteiger partial charge in [0.2, 0.25) is 23.6 Å². The standard InChI is InChI=1S/C36H53F2N5O7/c1-6-49-25-17-24-19-42(28(21-41(24)20-25)32(45)39-27-13-16-50-29-10-8-7-9-26(27)29)33(46)30(23-11-14-36(37,38)15-12-23)40-31(44)22(2)18-43(34(47)48)35(3,4)5/h7-10,22-25,27-28,30H,6,11-21H2,1-5H3,(H,39,45)(H,40,44)(H,47,48)/t22-,24-,25-,27-,28+,30+/m1/s1. The Hall–Kier alpha value is -3.52. The number of carboxylic acid groups (broad SMARTS) is 1. The van der Waals surface area contributed by atoms with E-state index in [0.717, 1.165) is 10.5 Å². The lowest BCUT2D eigenvalue weighted by molar-refractivity contribution is -0.150. The highest BCUT2D eigenvalue weighted by Gasteiger charge is 2.49. The Labute approximate surface area is 293 Å². The molecule has 12 nitrogen and oxygen atoms in total. The van der Waals surface area contributed by atoms with E-state index in [4.69, 9.17) is 9.47 Å². The van der Waals surface area contributed by atoms with E-state index in [-0.39, 0.29) is 56.6 Å². The van der Waals surface area contributed by atoms with E-state index < -0.39 is 66.1 Å². The first-order valence-corrected chi connectivity index (χ1v) is 17.9. The largest absolute Gasteiger partial charge is 0.493 e. The highest BCUT2D eigenvalue weighted by molar-refractivity contribution is 5.93. The fourth-order valence-electron chi connectivity index (χ4n) is 7.86. The maximum absolute atomic E-state index is 14.8. The summed E-state index contributed by atoms with van der Waals surface area (Å²) >= 11 is 0. The maximum atomic E-state index is 14.8. The zero-order valence-electron chi connectivity index (χ0n) is 29.8. The number of hydrogen-bond acceptors (Lipinski definition) is 7. The molecule has 0 unspecified atom stereocenters. The number of carbonyl (C=O) groups is 4. The second-order valence-corrected chi connectivity index (χ2v) is 15.3. The predicted octanol–water partition coefficient (Wildman–Crippen LogP) is 4.04. The molecule has 4 amide bonds. The number of nitrogens with one attached hydrogen (secondary N) is 2. The van der Waals surface area contributed by atoms with Crippen LogP contribution in [0, 0.1) is 11.8 Å². The third-order valence-electron chi connectivity index (χ3n) is 10.7. The Morgan fingerprint density at radius 1 is 1.10 bits per heavy atom. The third kappa shape index (κ3) is 8.67. The number of nitrogens with zero attached hydrogens (tertiary/aromatic N) is 3. The molecule has 4 aliphatic rings. The van der Waals surface area contributed by atoms with Crippen molar-refractivity contribution in [2.75, 3.05) is 39.4 Å². The predicted molar refractivity (Wildman–Crippen MR) is 181 cm³/mol. The summed E-state index contributed by atoms with van der Waals surface area (Å²) in [5.41, 5.74) is 0.0697. The molecule has 1 aliphatic carbocycles. The zero-order chi connectivity index (χ0) is 36.4. The Bertz CT molecular complexity index is 1400. The smallest absolute Gasteiger partial charge is 0.407 e. The minimum Gasteiger partial charge on any atom is -0.493 e. The van der Waals surface area contributed by atoms with E-state index in [1.165, 1.54) is 4.90 Å². The normalized spacial score (nSPS) is 26.5. The van der Waals surface area contributed by atoms with E-state index in [9.17, 15) is 33.1 Å². The number of hydrogen-bond donors (Lipinski definition) is 3. The van der Waals surface area contributed by atoms with Gasteiger partial charge in [0.1, 0.15) is 17.8 Å². The van der Waals surface area contributed by atoms with E-state index in [1.807, 2.05) is 31.2 Å². The number of ether oxygens (including phenoxy) is 2. The van der Waals surface area contributed by atoms with Crippen molar-refractivity contribution >= 4 is 23.8 Å². The molecule has 1 aromatic rings. The Morgan fingerprint density at radius 2 is 1.80 bits per heavy atom. The van der Waals surface area contributed by atoms with Gasteiger partial charge in [-0.05, 0) is 58.9 Å². The first-order valence-electron chi connectivity index (χ1n) is 17.9. The molecule has 50 heavy (non-hydrogen) atoms. The number of piperazine rings is 1. The number of benzene rings is 1. The lowest BCUT2D eigenvalue weighted by Gasteiger charge is -2.45. The number of carbonyl (C=O) groups excluding carboxylic acids is 3. The summed E-state index contributed by atoms with van der Waals surface area (Å²) < 4.78 is 40.4. The van der Waals surface area contributed by atoms with Gasteiger partial charge in [0, 0.05) is 69.2 Å². The number of amides is 4. The molecule has 3 fully saturated rings. The Kier molecular flexibility index (Phi) is 11.6. The molecule has 3 aliphatic heterocycles. The van der Waals surface area contributed by atoms with Crippen molar-refractivity contribution in [3.05, 3.63) is 29.8 Å². The summed E-state index contributed by atoms with van der Waals surface area (Å²) in [6.07, 6.45) is -0.799. The monoisotopic (exact) mass is 705 g/mol. The molecule has 278 valence electrons. The summed E-state index contributed by atoms with van der Waals surface area (Å²) in [6, 6.07) is 5.04. The van der Waals surface area contributed by atoms with Gasteiger partial charge < -0.3 is 35.0 Å². The van der Waals surface area contributed by atoms with Crippen molar-refractivity contribution in [2.45, 2.75) is 115 Å². The van der Waals surface area contributed by atoms with E-state index in [1.54, 1.807) is 27.7 Å². The van der Waals surface area contributed by atoms with Crippen LogP contribution in [0.1, 0.15) is 84.7 Å². The van der Waals surface area contributed by atoms with Gasteiger partial charge in [-0.2, -0.15) is 0 Å². The van der Waals surface area contributed by atoms with Crippen LogP contribution < -0.4 is 15.4 Å². The van der Waals surface area contributed by atoms with Crippen molar-refractivity contribution < 1.29 is 42.5 Å². The van der Waals surface area contributed by atoms with Gasteiger partial charge in [-0.3, -0.25) is 19.3 Å². The van der Waals surface area contributed by atoms with E-state index >= 15 is 0 Å². The van der Waals surface area contributed by atoms with Gasteiger partial charge in [-0.1, -0.05) is 25.1 Å². The van der Waals surface area contributed by atoms with Crippen LogP contribution in [0.5, 0.6) is 5.75 Å². The molecular formula is C36H53F2N5O7. The van der Waals surface area contributed by atoms with Gasteiger partial charge in [-0.15, -0.1) is 0 Å². The first kappa shape index (κ1) is 37.7. The SMILES string of the molecule is CCO[C@@H]1C[C@@H]2CN(C(=O)[C@@H](NC(=O)[C@H](C)CN(C(=O)O)C(C)(C)C)C3CCC(F)(F)CC3)[C@H](C(=O)N[C@@H]3CCOc4ccccc43)CN2C1. The van der Waals surface area contributed by atoms with Gasteiger partial charge >= 0.3 is 6.09 Å². The molecule has 1 aromatic carbocycles. The summed E-state index contributed by atoms with van der Waals surface area (Å²) in [4.78, 5) is 59.6. The zero-order valence-corrected chi connectivity index (χ0v) is 29.8. The number of para-hydroxylation sites is 1. The summed E-state index contributed by atoms with van der Waals surface area (Å²) in [7, 11) is 0. The fraction of sp³-hybridized carbons (Fsp3) is 0.722. The topological polar surface area (TPSA) is 141 Å². The third-order valence-corrected chi connectivity index (χ3v) is 10.7. The van der Waals surface area contributed by atoms with Crippen LogP contribution in [0.2, 0.25) is 0 Å². The highest BCUT2D eigenvalue weighted by Crippen LogP contribution is 2.39. The molecule has 5 rings (SSSR count). The minimum atomic E-state index is -2.86. The second kappa shape index (κ2) is 15.4.